The molecule has 0 fully saturated rings. The molecule has 0 radical (unpaired) electrons. The number of rotatable bonds is 2. The van der Waals surface area contributed by atoms with Gasteiger partial charge in [0.25, 0.3) is 5.97 Å². The number of aromatic hydroxyl groups is 1. The maximum absolute atomic E-state index is 9.50. The van der Waals surface area contributed by atoms with Gasteiger partial charge in [0.1, 0.15) is 5.75 Å². The standard InChI is InChI=1S/C11H11NO.C2H4O2/c13-11-6-2-1-4-9(11)8-10-5-3-7-12-10;1-2(3)4/h1-7,12-13H,8H2;1H3,(H,3,4). The zero-order valence-electron chi connectivity index (χ0n) is 9.55. The summed E-state index contributed by atoms with van der Waals surface area (Å²) in [6, 6.07) is 11.3. The number of para-hydroxylation sites is 1. The lowest BCUT2D eigenvalue weighted by molar-refractivity contribution is -0.134. The van der Waals surface area contributed by atoms with E-state index >= 15 is 0 Å². The zero-order valence-corrected chi connectivity index (χ0v) is 9.55. The molecule has 4 heteroatoms. The van der Waals surface area contributed by atoms with Crippen LogP contribution in [-0.2, 0) is 11.2 Å². The molecule has 17 heavy (non-hydrogen) atoms. The van der Waals surface area contributed by atoms with Gasteiger partial charge < -0.3 is 15.2 Å². The number of hydrogen-bond donors (Lipinski definition) is 3. The van der Waals surface area contributed by atoms with E-state index in [0.29, 0.717) is 5.75 Å². The summed E-state index contributed by atoms with van der Waals surface area (Å²) in [6.07, 6.45) is 2.63. The third-order valence-corrected chi connectivity index (χ3v) is 2.03. The first-order chi connectivity index (χ1) is 8.09. The van der Waals surface area contributed by atoms with Crippen molar-refractivity contribution in [3.8, 4) is 5.75 Å². The first-order valence-corrected chi connectivity index (χ1v) is 5.18. The van der Waals surface area contributed by atoms with Gasteiger partial charge in [0.05, 0.1) is 0 Å². The van der Waals surface area contributed by atoms with Crippen LogP contribution in [0.5, 0.6) is 5.75 Å². The number of carboxylic acids is 1. The third kappa shape index (κ3) is 4.88. The van der Waals surface area contributed by atoms with E-state index in [-0.39, 0.29) is 0 Å². The van der Waals surface area contributed by atoms with Gasteiger partial charge >= 0.3 is 0 Å². The molecular formula is C13H15NO3. The maximum Gasteiger partial charge on any atom is 0.300 e. The van der Waals surface area contributed by atoms with Crippen LogP contribution >= 0.6 is 0 Å². The number of aliphatic carboxylic acids is 1. The van der Waals surface area contributed by atoms with E-state index in [1.54, 1.807) is 6.07 Å². The van der Waals surface area contributed by atoms with Gasteiger partial charge in [0, 0.05) is 25.2 Å². The van der Waals surface area contributed by atoms with Gasteiger partial charge in [-0.3, -0.25) is 4.79 Å². The van der Waals surface area contributed by atoms with E-state index in [0.717, 1.165) is 24.6 Å². The van der Waals surface area contributed by atoms with E-state index in [1.807, 2.05) is 36.5 Å². The molecule has 0 atom stereocenters. The molecule has 3 N–H and O–H groups in total. The second kappa shape index (κ2) is 6.37. The van der Waals surface area contributed by atoms with Crippen molar-refractivity contribution in [1.82, 2.24) is 4.98 Å². The van der Waals surface area contributed by atoms with Crippen LogP contribution < -0.4 is 0 Å². The second-order valence-corrected chi connectivity index (χ2v) is 3.52. The molecule has 2 rings (SSSR count). The minimum atomic E-state index is -0.833. The van der Waals surface area contributed by atoms with Crippen molar-refractivity contribution in [3.63, 3.8) is 0 Å². The summed E-state index contributed by atoms with van der Waals surface area (Å²) in [5.74, 6) is -0.475. The van der Waals surface area contributed by atoms with Gasteiger partial charge in [-0.1, -0.05) is 18.2 Å². The predicted molar refractivity (Wildman–Crippen MR) is 65.0 cm³/mol. The minimum Gasteiger partial charge on any atom is -0.508 e. The Morgan fingerprint density at radius 2 is 1.88 bits per heavy atom. The maximum atomic E-state index is 9.50. The fourth-order valence-electron chi connectivity index (χ4n) is 1.34. The van der Waals surface area contributed by atoms with E-state index in [2.05, 4.69) is 4.98 Å². The first-order valence-electron chi connectivity index (χ1n) is 5.18. The van der Waals surface area contributed by atoms with Crippen LogP contribution in [0.2, 0.25) is 0 Å². The topological polar surface area (TPSA) is 73.3 Å². The summed E-state index contributed by atoms with van der Waals surface area (Å²) in [5, 5.41) is 16.9. The smallest absolute Gasteiger partial charge is 0.300 e. The highest BCUT2D eigenvalue weighted by atomic mass is 16.4. The van der Waals surface area contributed by atoms with E-state index in [1.165, 1.54) is 0 Å². The van der Waals surface area contributed by atoms with Crippen LogP contribution in [-0.4, -0.2) is 21.2 Å². The Kier molecular flexibility index (Phi) is 4.81. The van der Waals surface area contributed by atoms with Gasteiger partial charge in [0.2, 0.25) is 0 Å². The van der Waals surface area contributed by atoms with Crippen molar-refractivity contribution < 1.29 is 15.0 Å². The first kappa shape index (κ1) is 12.8. The summed E-state index contributed by atoms with van der Waals surface area (Å²) < 4.78 is 0. The molecule has 1 heterocycles. The molecule has 0 unspecified atom stereocenters. The van der Waals surface area contributed by atoms with Crippen LogP contribution in [0, 0.1) is 0 Å². The Morgan fingerprint density at radius 3 is 2.41 bits per heavy atom. The lowest BCUT2D eigenvalue weighted by atomic mass is 10.1. The van der Waals surface area contributed by atoms with E-state index in [4.69, 9.17) is 9.90 Å². The van der Waals surface area contributed by atoms with Gasteiger partial charge in [-0.25, -0.2) is 0 Å². The van der Waals surface area contributed by atoms with Crippen molar-refractivity contribution in [1.29, 1.82) is 0 Å². The number of nitrogens with one attached hydrogen (secondary N) is 1. The third-order valence-electron chi connectivity index (χ3n) is 2.03. The molecule has 0 aliphatic heterocycles. The number of benzene rings is 1. The molecule has 1 aromatic heterocycles. The Balaban J connectivity index is 0.000000317. The van der Waals surface area contributed by atoms with E-state index < -0.39 is 5.97 Å². The highest BCUT2D eigenvalue weighted by molar-refractivity contribution is 5.62. The Hall–Kier alpha value is -2.23. The molecule has 2 aromatic rings. The predicted octanol–water partition coefficient (Wildman–Crippen LogP) is 2.40. The highest BCUT2D eigenvalue weighted by Gasteiger charge is 2.00. The minimum absolute atomic E-state index is 0.358. The van der Waals surface area contributed by atoms with Gasteiger partial charge in [-0.15, -0.1) is 0 Å². The number of aromatic nitrogens is 1. The molecule has 0 bridgehead atoms. The van der Waals surface area contributed by atoms with Crippen molar-refractivity contribution in [2.75, 3.05) is 0 Å². The fraction of sp³-hybridized carbons (Fsp3) is 0.154. The molecular weight excluding hydrogens is 218 g/mol. The Labute approximate surface area is 99.5 Å². The largest absolute Gasteiger partial charge is 0.508 e. The average molecular weight is 233 g/mol. The monoisotopic (exact) mass is 233 g/mol. The molecule has 0 aliphatic rings. The molecule has 1 aromatic carbocycles. The molecule has 0 spiro atoms. The zero-order chi connectivity index (χ0) is 12.7. The normalized spacial score (nSPS) is 9.24. The molecule has 0 aliphatic carbocycles. The molecule has 4 nitrogen and oxygen atoms in total. The SMILES string of the molecule is CC(=O)O.Oc1ccccc1Cc1ccc[nH]1. The number of H-pyrrole nitrogens is 1. The van der Waals surface area contributed by atoms with Crippen LogP contribution in [0.4, 0.5) is 0 Å². The molecule has 0 saturated carbocycles. The van der Waals surface area contributed by atoms with E-state index in [9.17, 15) is 5.11 Å². The highest BCUT2D eigenvalue weighted by Crippen LogP contribution is 2.18. The number of carboxylic acid groups (broad SMARTS) is 1. The van der Waals surface area contributed by atoms with Crippen LogP contribution in [0.15, 0.2) is 42.6 Å². The second-order valence-electron chi connectivity index (χ2n) is 3.52. The van der Waals surface area contributed by atoms with Crippen LogP contribution in [0.3, 0.4) is 0 Å². The average Bonchev–Trinajstić information content (AvgIpc) is 2.73. The lowest BCUT2D eigenvalue weighted by Crippen LogP contribution is -1.87. The molecule has 0 amide bonds. The van der Waals surface area contributed by atoms with Crippen LogP contribution in [0.1, 0.15) is 18.2 Å². The lowest BCUT2D eigenvalue weighted by Gasteiger charge is -2.01. The number of hydrogen-bond acceptors (Lipinski definition) is 2. The van der Waals surface area contributed by atoms with Crippen LogP contribution in [0.25, 0.3) is 0 Å². The van der Waals surface area contributed by atoms with Crippen molar-refractivity contribution >= 4 is 5.97 Å². The molecule has 90 valence electrons. The summed E-state index contributed by atoms with van der Waals surface area (Å²) >= 11 is 0. The number of phenols is 1. The fourth-order valence-corrected chi connectivity index (χ4v) is 1.34. The van der Waals surface area contributed by atoms with Gasteiger partial charge in [0.15, 0.2) is 0 Å². The number of phenolic OH excluding ortho intramolecular Hbond substituents is 1. The summed E-state index contributed by atoms with van der Waals surface area (Å²) in [7, 11) is 0. The Bertz CT molecular complexity index is 459. The van der Waals surface area contributed by atoms with Crippen molar-refractivity contribution in [2.45, 2.75) is 13.3 Å². The number of aromatic amines is 1. The van der Waals surface area contributed by atoms with Gasteiger partial charge in [-0.05, 0) is 23.8 Å². The van der Waals surface area contributed by atoms with Gasteiger partial charge in [-0.2, -0.15) is 0 Å². The van der Waals surface area contributed by atoms with Crippen molar-refractivity contribution in [3.05, 3.63) is 53.9 Å². The Morgan fingerprint density at radius 1 is 1.24 bits per heavy atom. The van der Waals surface area contributed by atoms with Crippen molar-refractivity contribution in [2.24, 2.45) is 0 Å². The summed E-state index contributed by atoms with van der Waals surface area (Å²) in [6.45, 7) is 1.08. The molecule has 0 saturated heterocycles. The summed E-state index contributed by atoms with van der Waals surface area (Å²) in [4.78, 5) is 12.1. The number of carbonyl (C=O) groups is 1. The summed E-state index contributed by atoms with van der Waals surface area (Å²) in [5.41, 5.74) is 2.06. The quantitative estimate of drug-likeness (QED) is 0.745.